The van der Waals surface area contributed by atoms with Crippen LogP contribution in [0.25, 0.3) is 0 Å². The van der Waals surface area contributed by atoms with E-state index >= 15 is 0 Å². The van der Waals surface area contributed by atoms with Crippen LogP contribution in [0, 0.1) is 0 Å². The lowest BCUT2D eigenvalue weighted by atomic mass is 10.0. The van der Waals surface area contributed by atoms with Crippen molar-refractivity contribution in [2.24, 2.45) is 0 Å². The molecule has 4 atom stereocenters. The predicted octanol–water partition coefficient (Wildman–Crippen LogP) is 6.43. The van der Waals surface area contributed by atoms with Gasteiger partial charge in [-0.1, -0.05) is 68.9 Å². The molecule has 3 rings (SSSR count). The highest BCUT2D eigenvalue weighted by atomic mass is 79.9. The topological polar surface area (TPSA) is 116 Å². The summed E-state index contributed by atoms with van der Waals surface area (Å²) in [6.45, 7) is 3.23. The van der Waals surface area contributed by atoms with Crippen LogP contribution in [0.1, 0.15) is 94.5 Å². The van der Waals surface area contributed by atoms with Crippen LogP contribution >= 0.6 is 15.9 Å². The van der Waals surface area contributed by atoms with Crippen LogP contribution in [0.4, 0.5) is 4.79 Å². The summed E-state index contributed by atoms with van der Waals surface area (Å²) in [5.74, 6) is -0.360. The zero-order valence-corrected chi connectivity index (χ0v) is 25.1. The molecule has 1 aromatic carbocycles. The van der Waals surface area contributed by atoms with Gasteiger partial charge in [-0.2, -0.15) is 0 Å². The van der Waals surface area contributed by atoms with Crippen molar-refractivity contribution >= 4 is 33.9 Å². The fourth-order valence-electron chi connectivity index (χ4n) is 4.98. The molecule has 1 saturated heterocycles. The van der Waals surface area contributed by atoms with E-state index in [1.54, 1.807) is 13.0 Å². The maximum absolute atomic E-state index is 13.7. The molecule has 2 aromatic rings. The summed E-state index contributed by atoms with van der Waals surface area (Å²) >= 11 is 3.53. The van der Waals surface area contributed by atoms with E-state index in [2.05, 4.69) is 15.9 Å². The SMILES string of the molecule is CO[C@H](C(=O)N1C(=O)O[C@H](c2ccccc2)[C@@H]1C)[C@H](OC(C)=O)c1cc(Br)c(CCCCCCCCCCO)o1. The normalized spacial score (nSPS) is 18.4. The Morgan fingerprint density at radius 1 is 1.05 bits per heavy atom. The van der Waals surface area contributed by atoms with Gasteiger partial charge in [-0.15, -0.1) is 0 Å². The minimum atomic E-state index is -1.33. The molecule has 0 aliphatic carbocycles. The highest BCUT2D eigenvalue weighted by Gasteiger charge is 2.48. The number of hydrogen-bond donors (Lipinski definition) is 1. The first-order valence-corrected chi connectivity index (χ1v) is 14.7. The number of esters is 1. The first-order valence-electron chi connectivity index (χ1n) is 14.0. The number of nitrogens with zero attached hydrogens (tertiary/aromatic N) is 1. The minimum Gasteiger partial charge on any atom is -0.461 e. The average Bonchev–Trinajstić information content (AvgIpc) is 3.45. The number of aliphatic hydroxyl groups excluding tert-OH is 1. The number of hydrogen-bond acceptors (Lipinski definition) is 8. The van der Waals surface area contributed by atoms with Crippen molar-refractivity contribution in [3.8, 4) is 0 Å². The van der Waals surface area contributed by atoms with Crippen molar-refractivity contribution in [3.63, 3.8) is 0 Å². The zero-order chi connectivity index (χ0) is 29.1. The zero-order valence-electron chi connectivity index (χ0n) is 23.5. The van der Waals surface area contributed by atoms with E-state index in [4.69, 9.17) is 23.7 Å². The lowest BCUT2D eigenvalue weighted by Crippen LogP contribution is -2.47. The number of unbranched alkanes of at least 4 members (excludes halogenated alkanes) is 7. The van der Waals surface area contributed by atoms with Crippen molar-refractivity contribution in [3.05, 3.63) is 58.0 Å². The molecule has 1 aromatic heterocycles. The first-order chi connectivity index (χ1) is 19.3. The van der Waals surface area contributed by atoms with Crippen molar-refractivity contribution in [2.75, 3.05) is 13.7 Å². The number of carbonyl (C=O) groups excluding carboxylic acids is 3. The van der Waals surface area contributed by atoms with Gasteiger partial charge < -0.3 is 23.7 Å². The van der Waals surface area contributed by atoms with E-state index in [-0.39, 0.29) is 12.4 Å². The number of rotatable bonds is 16. The number of methoxy groups -OCH3 is 1. The average molecular weight is 623 g/mol. The standard InChI is InChI=1S/C30H40BrNO8/c1-20-26(22-15-11-10-12-16-22)40-30(36)32(20)29(35)28(37-3)27(38-21(2)34)25-19-23(31)24(39-25)17-13-8-6-4-5-7-9-14-18-33/h10-12,15-16,19-20,26-28,33H,4-9,13-14,17-18H2,1-3H3/t20-,26-,27+,28-/m0/s1. The largest absolute Gasteiger partial charge is 0.461 e. The van der Waals surface area contributed by atoms with E-state index < -0.39 is 42.3 Å². The molecule has 1 fully saturated rings. The fourth-order valence-corrected chi connectivity index (χ4v) is 5.48. The van der Waals surface area contributed by atoms with Gasteiger partial charge in [0.05, 0.1) is 10.5 Å². The van der Waals surface area contributed by atoms with Gasteiger partial charge in [0.25, 0.3) is 5.91 Å². The highest BCUT2D eigenvalue weighted by Crippen LogP contribution is 2.36. The predicted molar refractivity (Wildman–Crippen MR) is 151 cm³/mol. The second-order valence-corrected chi connectivity index (χ2v) is 10.9. The Labute approximate surface area is 244 Å². The van der Waals surface area contributed by atoms with E-state index in [0.29, 0.717) is 16.7 Å². The van der Waals surface area contributed by atoms with Crippen LogP contribution in [0.3, 0.4) is 0 Å². The number of benzene rings is 1. The molecule has 2 heterocycles. The number of aliphatic hydroxyl groups is 1. The van der Waals surface area contributed by atoms with Crippen LogP contribution in [0.5, 0.6) is 0 Å². The van der Waals surface area contributed by atoms with Crippen LogP contribution in [-0.4, -0.2) is 53.8 Å². The molecule has 0 bridgehead atoms. The fraction of sp³-hybridized carbons (Fsp3) is 0.567. The summed E-state index contributed by atoms with van der Waals surface area (Å²) in [6.07, 6.45) is 5.23. The van der Waals surface area contributed by atoms with Gasteiger partial charge in [-0.3, -0.25) is 9.59 Å². The van der Waals surface area contributed by atoms with Gasteiger partial charge in [0.15, 0.2) is 12.2 Å². The van der Waals surface area contributed by atoms with Crippen LogP contribution in [-0.2, 0) is 30.2 Å². The van der Waals surface area contributed by atoms with E-state index in [1.165, 1.54) is 20.5 Å². The molecule has 1 aliphatic rings. The first kappa shape index (κ1) is 31.8. The molecule has 1 aliphatic heterocycles. The molecule has 10 heteroatoms. The number of imide groups is 1. The lowest BCUT2D eigenvalue weighted by Gasteiger charge is -2.27. The second-order valence-electron chi connectivity index (χ2n) is 10.1. The third-order valence-corrected chi connectivity index (χ3v) is 7.74. The summed E-state index contributed by atoms with van der Waals surface area (Å²) in [5, 5.41) is 8.86. The van der Waals surface area contributed by atoms with Crippen LogP contribution in [0.15, 0.2) is 45.3 Å². The van der Waals surface area contributed by atoms with Gasteiger partial charge in [0, 0.05) is 27.1 Å². The van der Waals surface area contributed by atoms with Crippen molar-refractivity contribution in [1.82, 2.24) is 4.90 Å². The molecule has 1 N–H and O–H groups in total. The molecular formula is C30H40BrNO8. The molecule has 40 heavy (non-hydrogen) atoms. The molecule has 0 spiro atoms. The van der Waals surface area contributed by atoms with Crippen LogP contribution < -0.4 is 0 Å². The quantitative estimate of drug-likeness (QED) is 0.168. The van der Waals surface area contributed by atoms with Gasteiger partial charge in [-0.25, -0.2) is 9.69 Å². The summed E-state index contributed by atoms with van der Waals surface area (Å²) in [4.78, 5) is 39.5. The summed E-state index contributed by atoms with van der Waals surface area (Å²) < 4.78 is 23.4. The second kappa shape index (κ2) is 15.9. The molecule has 0 saturated carbocycles. The Hall–Kier alpha value is -2.69. The highest BCUT2D eigenvalue weighted by molar-refractivity contribution is 9.10. The monoisotopic (exact) mass is 621 g/mol. The molecule has 0 unspecified atom stereocenters. The lowest BCUT2D eigenvalue weighted by molar-refractivity contribution is -0.164. The smallest absolute Gasteiger partial charge is 0.417 e. The third-order valence-electron chi connectivity index (χ3n) is 7.07. The Balaban J connectivity index is 1.67. The Kier molecular flexibility index (Phi) is 12.7. The number of amides is 2. The maximum atomic E-state index is 13.7. The van der Waals surface area contributed by atoms with E-state index in [0.717, 1.165) is 55.4 Å². The summed E-state index contributed by atoms with van der Waals surface area (Å²) in [6, 6.07) is 10.3. The number of ether oxygens (including phenoxy) is 3. The molecule has 220 valence electrons. The maximum Gasteiger partial charge on any atom is 0.417 e. The number of aryl methyl sites for hydroxylation is 1. The van der Waals surface area contributed by atoms with Gasteiger partial charge in [-0.05, 0) is 47.3 Å². The number of cyclic esters (lactones) is 1. The van der Waals surface area contributed by atoms with Crippen molar-refractivity contribution < 1.29 is 38.1 Å². The summed E-state index contributed by atoms with van der Waals surface area (Å²) in [5.41, 5.74) is 0.769. The van der Waals surface area contributed by atoms with Gasteiger partial charge >= 0.3 is 12.1 Å². The Bertz CT molecular complexity index is 1100. The van der Waals surface area contributed by atoms with Crippen molar-refractivity contribution in [2.45, 2.75) is 96.0 Å². The molecule has 9 nitrogen and oxygen atoms in total. The Morgan fingerprint density at radius 2 is 1.68 bits per heavy atom. The number of halogens is 1. The van der Waals surface area contributed by atoms with Gasteiger partial charge in [0.2, 0.25) is 0 Å². The molecule has 0 radical (unpaired) electrons. The van der Waals surface area contributed by atoms with Crippen LogP contribution in [0.2, 0.25) is 0 Å². The molecule has 2 amide bonds. The van der Waals surface area contributed by atoms with Gasteiger partial charge in [0.1, 0.15) is 17.6 Å². The minimum absolute atomic E-state index is 0.251. The number of carbonyl (C=O) groups is 3. The Morgan fingerprint density at radius 3 is 2.27 bits per heavy atom. The number of furan rings is 1. The molecular weight excluding hydrogens is 582 g/mol. The van der Waals surface area contributed by atoms with E-state index in [9.17, 15) is 14.4 Å². The summed E-state index contributed by atoms with van der Waals surface area (Å²) in [7, 11) is 1.32. The third kappa shape index (κ3) is 8.41. The van der Waals surface area contributed by atoms with E-state index in [1.807, 2.05) is 30.3 Å². The van der Waals surface area contributed by atoms with Crippen molar-refractivity contribution in [1.29, 1.82) is 0 Å².